The van der Waals surface area contributed by atoms with Gasteiger partial charge < -0.3 is 14.6 Å². The smallest absolute Gasteiger partial charge is 0.417 e. The minimum absolute atomic E-state index is 0.143. The molecule has 138 valence electrons. The van der Waals surface area contributed by atoms with Crippen LogP contribution in [0.4, 0.5) is 4.79 Å². The second kappa shape index (κ2) is 8.46. The predicted octanol–water partition coefficient (Wildman–Crippen LogP) is 2.11. The van der Waals surface area contributed by atoms with E-state index in [1.807, 2.05) is 6.92 Å². The molecule has 1 aliphatic carbocycles. The maximum Gasteiger partial charge on any atom is 0.417 e. The van der Waals surface area contributed by atoms with Gasteiger partial charge in [-0.3, -0.25) is 9.59 Å². The van der Waals surface area contributed by atoms with E-state index >= 15 is 0 Å². The number of aliphatic hydroxyl groups excluding tert-OH is 1. The van der Waals surface area contributed by atoms with Crippen LogP contribution in [-0.2, 0) is 19.1 Å². The van der Waals surface area contributed by atoms with Gasteiger partial charge in [0.15, 0.2) is 0 Å². The van der Waals surface area contributed by atoms with E-state index in [9.17, 15) is 19.5 Å². The van der Waals surface area contributed by atoms with E-state index in [-0.39, 0.29) is 19.4 Å². The summed E-state index contributed by atoms with van der Waals surface area (Å²) in [7, 11) is 1.25. The summed E-state index contributed by atoms with van der Waals surface area (Å²) in [5.74, 6) is -2.52. The largest absolute Gasteiger partial charge is 0.469 e. The van der Waals surface area contributed by atoms with Gasteiger partial charge in [0.05, 0.1) is 25.0 Å². The number of carbonyl (C=O) groups is 3. The third-order valence-electron chi connectivity index (χ3n) is 3.97. The van der Waals surface area contributed by atoms with E-state index in [1.54, 1.807) is 20.8 Å². The number of rotatable bonds is 5. The summed E-state index contributed by atoms with van der Waals surface area (Å²) in [6.45, 7) is 7.36. The number of carbonyl (C=O) groups excluding carboxylic acids is 3. The van der Waals surface area contributed by atoms with Gasteiger partial charge in [-0.05, 0) is 40.0 Å². The van der Waals surface area contributed by atoms with Crippen molar-refractivity contribution in [3.63, 3.8) is 0 Å². The van der Waals surface area contributed by atoms with Crippen molar-refractivity contribution in [2.75, 3.05) is 13.7 Å². The molecule has 3 unspecified atom stereocenters. The highest BCUT2D eigenvalue weighted by Crippen LogP contribution is 2.34. The molecule has 2 amide bonds. The second-order valence-electron chi connectivity index (χ2n) is 7.19. The summed E-state index contributed by atoms with van der Waals surface area (Å²) in [5.41, 5.74) is -0.723. The number of aliphatic hydroxyl groups is 1. The molecule has 1 N–H and O–H groups in total. The van der Waals surface area contributed by atoms with Crippen molar-refractivity contribution in [1.29, 1.82) is 0 Å². The van der Waals surface area contributed by atoms with Gasteiger partial charge in [0, 0.05) is 6.54 Å². The van der Waals surface area contributed by atoms with Gasteiger partial charge in [0.1, 0.15) is 5.60 Å². The Labute approximate surface area is 143 Å². The van der Waals surface area contributed by atoms with E-state index < -0.39 is 41.5 Å². The fourth-order valence-electron chi connectivity index (χ4n) is 2.82. The molecular weight excluding hydrogens is 314 g/mol. The Morgan fingerprint density at radius 1 is 1.17 bits per heavy atom. The average molecular weight is 343 g/mol. The van der Waals surface area contributed by atoms with Crippen LogP contribution in [0.5, 0.6) is 0 Å². The first-order valence-electron chi connectivity index (χ1n) is 8.41. The van der Waals surface area contributed by atoms with Crippen molar-refractivity contribution in [1.82, 2.24) is 4.90 Å². The van der Waals surface area contributed by atoms with Gasteiger partial charge in [-0.15, -0.1) is 0 Å². The van der Waals surface area contributed by atoms with E-state index in [0.29, 0.717) is 6.42 Å². The molecule has 24 heavy (non-hydrogen) atoms. The third-order valence-corrected chi connectivity index (χ3v) is 3.97. The first-order chi connectivity index (χ1) is 11.1. The van der Waals surface area contributed by atoms with Crippen molar-refractivity contribution >= 4 is 18.0 Å². The molecule has 0 radical (unpaired) electrons. The molecule has 0 aliphatic heterocycles. The summed E-state index contributed by atoms with van der Waals surface area (Å²) in [4.78, 5) is 38.2. The zero-order valence-electron chi connectivity index (χ0n) is 15.2. The Kier molecular flexibility index (Phi) is 7.20. The van der Waals surface area contributed by atoms with Crippen LogP contribution in [0, 0.1) is 11.8 Å². The number of nitrogens with zero attached hydrogens (tertiary/aromatic N) is 1. The highest BCUT2D eigenvalue weighted by Gasteiger charge is 2.45. The average Bonchev–Trinajstić information content (AvgIpc) is 2.86. The quantitative estimate of drug-likeness (QED) is 0.769. The molecule has 1 saturated carbocycles. The number of imide groups is 1. The molecule has 0 saturated heterocycles. The van der Waals surface area contributed by atoms with Gasteiger partial charge >= 0.3 is 12.1 Å². The summed E-state index contributed by atoms with van der Waals surface area (Å²) in [5, 5.41) is 9.85. The molecule has 0 bridgehead atoms. The van der Waals surface area contributed by atoms with Gasteiger partial charge in [-0.1, -0.05) is 13.3 Å². The normalized spacial score (nSPS) is 23.7. The lowest BCUT2D eigenvalue weighted by atomic mass is 9.94. The van der Waals surface area contributed by atoms with Crippen LogP contribution in [0.25, 0.3) is 0 Å². The first kappa shape index (κ1) is 20.4. The van der Waals surface area contributed by atoms with Crippen LogP contribution >= 0.6 is 0 Å². The van der Waals surface area contributed by atoms with Crippen molar-refractivity contribution in [2.24, 2.45) is 11.8 Å². The van der Waals surface area contributed by atoms with Gasteiger partial charge in [-0.2, -0.15) is 0 Å². The van der Waals surface area contributed by atoms with E-state index in [0.717, 1.165) is 11.3 Å². The fraction of sp³-hybridized carbons (Fsp3) is 0.824. The maximum atomic E-state index is 12.9. The lowest BCUT2D eigenvalue weighted by Crippen LogP contribution is -2.45. The molecule has 1 aliphatic rings. The highest BCUT2D eigenvalue weighted by molar-refractivity contribution is 5.95. The zero-order valence-corrected chi connectivity index (χ0v) is 15.2. The maximum absolute atomic E-state index is 12.9. The molecule has 7 nitrogen and oxygen atoms in total. The number of unbranched alkanes of at least 4 members (excludes halogenated alkanes) is 1. The van der Waals surface area contributed by atoms with E-state index in [4.69, 9.17) is 9.47 Å². The summed E-state index contributed by atoms with van der Waals surface area (Å²) in [6.07, 6.45) is 0.285. The van der Waals surface area contributed by atoms with E-state index in [2.05, 4.69) is 0 Å². The molecular formula is C17H29NO6. The molecule has 1 rings (SSSR count). The zero-order chi connectivity index (χ0) is 18.5. The Balaban J connectivity index is 2.97. The van der Waals surface area contributed by atoms with Crippen LogP contribution in [0.2, 0.25) is 0 Å². The highest BCUT2D eigenvalue weighted by atomic mass is 16.6. The molecule has 0 aromatic heterocycles. The SMILES string of the molecule is CCCCN(C(=O)OC(C)(C)C)C(=O)C1CC(O)CC1C(=O)OC. The molecule has 7 heteroatoms. The minimum atomic E-state index is -0.767. The topological polar surface area (TPSA) is 93.1 Å². The Morgan fingerprint density at radius 3 is 2.25 bits per heavy atom. The van der Waals surface area contributed by atoms with Crippen LogP contribution in [0.1, 0.15) is 53.4 Å². The standard InChI is InChI=1S/C17H29NO6/c1-6-7-8-18(16(22)24-17(2,3)4)14(20)12-9-11(19)10-13(12)15(21)23-5/h11-13,19H,6-10H2,1-5H3. The molecule has 0 spiro atoms. The van der Waals surface area contributed by atoms with Crippen LogP contribution < -0.4 is 0 Å². The summed E-state index contributed by atoms with van der Waals surface area (Å²) < 4.78 is 10.0. The van der Waals surface area contributed by atoms with Gasteiger partial charge in [0.2, 0.25) is 5.91 Å². The number of amides is 2. The van der Waals surface area contributed by atoms with E-state index in [1.165, 1.54) is 7.11 Å². The number of hydrogen-bond donors (Lipinski definition) is 1. The molecule has 3 atom stereocenters. The Morgan fingerprint density at radius 2 is 1.75 bits per heavy atom. The number of methoxy groups -OCH3 is 1. The van der Waals surface area contributed by atoms with Crippen LogP contribution in [0.15, 0.2) is 0 Å². The Bertz CT molecular complexity index is 470. The van der Waals surface area contributed by atoms with Gasteiger partial charge in [0.25, 0.3) is 0 Å². The Hall–Kier alpha value is -1.63. The molecule has 0 aromatic rings. The van der Waals surface area contributed by atoms with Gasteiger partial charge in [-0.25, -0.2) is 9.69 Å². The third kappa shape index (κ3) is 5.47. The number of esters is 1. The first-order valence-corrected chi connectivity index (χ1v) is 8.41. The van der Waals surface area contributed by atoms with Crippen molar-refractivity contribution in [3.05, 3.63) is 0 Å². The molecule has 0 heterocycles. The number of ether oxygens (including phenoxy) is 2. The predicted molar refractivity (Wildman–Crippen MR) is 87.1 cm³/mol. The summed E-state index contributed by atoms with van der Waals surface area (Å²) in [6, 6.07) is 0. The monoisotopic (exact) mass is 343 g/mol. The van der Waals surface area contributed by atoms with Crippen LogP contribution in [-0.4, -0.2) is 53.3 Å². The van der Waals surface area contributed by atoms with Crippen molar-refractivity contribution < 1.29 is 29.0 Å². The van der Waals surface area contributed by atoms with Crippen molar-refractivity contribution in [2.45, 2.75) is 65.1 Å². The number of hydrogen-bond acceptors (Lipinski definition) is 6. The lowest BCUT2D eigenvalue weighted by Gasteiger charge is -2.29. The lowest BCUT2D eigenvalue weighted by molar-refractivity contribution is -0.151. The van der Waals surface area contributed by atoms with Crippen LogP contribution in [0.3, 0.4) is 0 Å². The molecule has 0 aromatic carbocycles. The minimum Gasteiger partial charge on any atom is -0.469 e. The van der Waals surface area contributed by atoms with Crippen molar-refractivity contribution in [3.8, 4) is 0 Å². The fourth-order valence-corrected chi connectivity index (χ4v) is 2.82. The second-order valence-corrected chi connectivity index (χ2v) is 7.19. The summed E-state index contributed by atoms with van der Waals surface area (Å²) >= 11 is 0. The molecule has 1 fully saturated rings.